The molecule has 0 aliphatic rings. The van der Waals surface area contributed by atoms with Crippen molar-refractivity contribution in [2.75, 3.05) is 41.0 Å². The van der Waals surface area contributed by atoms with Gasteiger partial charge in [-0.15, -0.1) is 6.58 Å². The largest absolute Gasteiger partial charge is 0.493 e. The minimum atomic E-state index is 0.0704. The first-order chi connectivity index (χ1) is 27.0. The summed E-state index contributed by atoms with van der Waals surface area (Å²) in [6.45, 7) is 9.32. The predicted octanol–water partition coefficient (Wildman–Crippen LogP) is 12.0. The first kappa shape index (κ1) is 38.9. The minimum absolute atomic E-state index is 0.0704. The van der Waals surface area contributed by atoms with Crippen molar-refractivity contribution in [3.63, 3.8) is 0 Å². The van der Waals surface area contributed by atoms with Gasteiger partial charge in [0.1, 0.15) is 23.0 Å². The molecule has 0 aliphatic carbocycles. The van der Waals surface area contributed by atoms with Crippen molar-refractivity contribution in [1.82, 2.24) is 0 Å². The Balaban J connectivity index is 1.29. The van der Waals surface area contributed by atoms with Crippen molar-refractivity contribution < 1.29 is 28.4 Å². The molecule has 0 spiro atoms. The van der Waals surface area contributed by atoms with Gasteiger partial charge in [0.05, 0.1) is 13.2 Å². The lowest BCUT2D eigenvalue weighted by Gasteiger charge is -2.23. The molecule has 6 nitrogen and oxygen atoms in total. The van der Waals surface area contributed by atoms with Crippen LogP contribution in [0.15, 0.2) is 146 Å². The van der Waals surface area contributed by atoms with E-state index in [1.807, 2.05) is 54.6 Å². The zero-order chi connectivity index (χ0) is 38.4. The van der Waals surface area contributed by atoms with Gasteiger partial charge in [-0.3, -0.25) is 0 Å². The van der Waals surface area contributed by atoms with Gasteiger partial charge in [0, 0.05) is 53.5 Å². The van der Waals surface area contributed by atoms with Crippen LogP contribution in [0.3, 0.4) is 0 Å². The zero-order valence-electron chi connectivity index (χ0n) is 32.3. The normalized spacial score (nSPS) is 11.0. The van der Waals surface area contributed by atoms with E-state index in [9.17, 15) is 0 Å². The van der Waals surface area contributed by atoms with Gasteiger partial charge in [0.15, 0.2) is 13.6 Å². The summed E-state index contributed by atoms with van der Waals surface area (Å²) in [7, 11) is 3.26. The Morgan fingerprint density at radius 1 is 0.491 bits per heavy atom. The van der Waals surface area contributed by atoms with Crippen LogP contribution < -0.4 is 18.9 Å². The summed E-state index contributed by atoms with van der Waals surface area (Å²) in [5, 5.41) is 0. The third-order valence-corrected chi connectivity index (χ3v) is 9.42. The molecule has 0 saturated heterocycles. The molecule has 0 amide bonds. The van der Waals surface area contributed by atoms with E-state index in [0.29, 0.717) is 13.2 Å². The fraction of sp³-hybridized carbons (Fsp3) is 0.224. The van der Waals surface area contributed by atoms with Crippen molar-refractivity contribution in [3.05, 3.63) is 157 Å². The van der Waals surface area contributed by atoms with Crippen LogP contribution in [0.1, 0.15) is 24.0 Å². The molecule has 0 aliphatic heterocycles. The SMILES string of the molecule is C=CCCC(COc1ccc(C)cc1-c1cccc(-c2ccccc2)c1OCOC)COc1ccc(C)cc1-c1cccc(-c2ccccc2)c1OCOC. The van der Waals surface area contributed by atoms with Gasteiger partial charge in [-0.1, -0.05) is 126 Å². The molecule has 0 bridgehead atoms. The molecular weight excluding hydrogens is 685 g/mol. The first-order valence-electron chi connectivity index (χ1n) is 18.7. The summed E-state index contributed by atoms with van der Waals surface area (Å²) in [6, 6.07) is 45.5. The van der Waals surface area contributed by atoms with Crippen molar-refractivity contribution in [2.24, 2.45) is 5.92 Å². The summed E-state index contributed by atoms with van der Waals surface area (Å²) in [6.07, 6.45) is 3.63. The molecule has 0 heterocycles. The van der Waals surface area contributed by atoms with Gasteiger partial charge >= 0.3 is 0 Å². The molecule has 0 aromatic heterocycles. The highest BCUT2D eigenvalue weighted by molar-refractivity contribution is 5.86. The third-order valence-electron chi connectivity index (χ3n) is 9.42. The first-order valence-corrected chi connectivity index (χ1v) is 18.7. The van der Waals surface area contributed by atoms with E-state index in [-0.39, 0.29) is 19.5 Å². The Morgan fingerprint density at radius 2 is 0.927 bits per heavy atom. The van der Waals surface area contributed by atoms with E-state index in [4.69, 9.17) is 28.4 Å². The number of methoxy groups -OCH3 is 2. The van der Waals surface area contributed by atoms with Crippen molar-refractivity contribution >= 4 is 0 Å². The Hall–Kier alpha value is -5.82. The molecule has 6 rings (SSSR count). The second-order valence-corrected chi connectivity index (χ2v) is 13.6. The summed E-state index contributed by atoms with van der Waals surface area (Å²) < 4.78 is 36.7. The molecule has 0 N–H and O–H groups in total. The number of aryl methyl sites for hydroxylation is 2. The molecule has 6 aromatic carbocycles. The summed E-state index contributed by atoms with van der Waals surface area (Å²) >= 11 is 0. The van der Waals surface area contributed by atoms with E-state index in [1.54, 1.807) is 14.2 Å². The van der Waals surface area contributed by atoms with E-state index in [2.05, 4.69) is 105 Å². The second kappa shape index (κ2) is 19.5. The molecule has 0 unspecified atom stereocenters. The van der Waals surface area contributed by atoms with Crippen LogP contribution in [0.5, 0.6) is 23.0 Å². The minimum Gasteiger partial charge on any atom is -0.493 e. The van der Waals surface area contributed by atoms with Crippen LogP contribution in [0.4, 0.5) is 0 Å². The molecule has 0 saturated carbocycles. The molecule has 55 heavy (non-hydrogen) atoms. The Morgan fingerprint density at radius 3 is 1.35 bits per heavy atom. The van der Waals surface area contributed by atoms with Crippen LogP contribution in [0.2, 0.25) is 0 Å². The lowest BCUT2D eigenvalue weighted by molar-refractivity contribution is 0.0518. The standard InChI is InChI=1S/C49H50O6/c1-6-7-16-37(31-52-46-27-25-35(2)29-44(46)42-23-14-21-40(48(42)54-33-50-4)38-17-10-8-11-18-38)32-53-47-28-26-36(3)30-45(47)43-24-15-22-41(49(43)55-34-51-5)39-19-12-9-13-20-39/h6,8-15,17-30,37H,1,7,16,31-34H2,2-5H3. The Kier molecular flexibility index (Phi) is 13.8. The molecular formula is C49H50O6. The second-order valence-electron chi connectivity index (χ2n) is 13.6. The summed E-state index contributed by atoms with van der Waals surface area (Å²) in [5.41, 5.74) is 10.1. The van der Waals surface area contributed by atoms with E-state index >= 15 is 0 Å². The lowest BCUT2D eigenvalue weighted by Crippen LogP contribution is -2.20. The summed E-state index contributed by atoms with van der Waals surface area (Å²) in [5.74, 6) is 3.11. The van der Waals surface area contributed by atoms with Crippen molar-refractivity contribution in [2.45, 2.75) is 26.7 Å². The maximum absolute atomic E-state index is 6.73. The molecule has 0 atom stereocenters. The van der Waals surface area contributed by atoms with E-state index < -0.39 is 0 Å². The molecule has 282 valence electrons. The van der Waals surface area contributed by atoms with Gasteiger partial charge in [-0.2, -0.15) is 0 Å². The quantitative estimate of drug-likeness (QED) is 0.0610. The van der Waals surface area contributed by atoms with Gasteiger partial charge in [0.2, 0.25) is 0 Å². The lowest BCUT2D eigenvalue weighted by atomic mass is 9.95. The highest BCUT2D eigenvalue weighted by Gasteiger charge is 2.21. The fourth-order valence-electron chi connectivity index (χ4n) is 6.68. The van der Waals surface area contributed by atoms with E-state index in [0.717, 1.165) is 91.5 Å². The van der Waals surface area contributed by atoms with Gasteiger partial charge in [-0.25, -0.2) is 0 Å². The van der Waals surface area contributed by atoms with Crippen molar-refractivity contribution in [3.8, 4) is 67.5 Å². The zero-order valence-corrected chi connectivity index (χ0v) is 32.3. The third kappa shape index (κ3) is 9.84. The van der Waals surface area contributed by atoms with Gasteiger partial charge in [0.25, 0.3) is 0 Å². The smallest absolute Gasteiger partial charge is 0.188 e. The monoisotopic (exact) mass is 734 g/mol. The van der Waals surface area contributed by atoms with Crippen LogP contribution in [-0.4, -0.2) is 41.0 Å². The number of hydrogen-bond acceptors (Lipinski definition) is 6. The highest BCUT2D eigenvalue weighted by Crippen LogP contribution is 2.44. The number of rotatable bonds is 19. The maximum Gasteiger partial charge on any atom is 0.188 e. The molecule has 6 heteroatoms. The topological polar surface area (TPSA) is 55.4 Å². The molecule has 6 aromatic rings. The number of benzene rings is 6. The van der Waals surface area contributed by atoms with Crippen LogP contribution in [0.25, 0.3) is 44.5 Å². The average molecular weight is 735 g/mol. The van der Waals surface area contributed by atoms with Gasteiger partial charge in [-0.05, 0) is 62.1 Å². The number of para-hydroxylation sites is 2. The van der Waals surface area contributed by atoms with Crippen LogP contribution in [0, 0.1) is 19.8 Å². The van der Waals surface area contributed by atoms with Crippen LogP contribution in [-0.2, 0) is 9.47 Å². The highest BCUT2D eigenvalue weighted by atomic mass is 16.7. The maximum atomic E-state index is 6.73. The molecule has 0 radical (unpaired) electrons. The van der Waals surface area contributed by atoms with E-state index in [1.165, 1.54) is 0 Å². The van der Waals surface area contributed by atoms with Crippen molar-refractivity contribution in [1.29, 1.82) is 0 Å². The Bertz CT molecular complexity index is 1990. The number of allylic oxidation sites excluding steroid dienone is 1. The predicted molar refractivity (Wildman–Crippen MR) is 223 cm³/mol. The number of ether oxygens (including phenoxy) is 6. The fourth-order valence-corrected chi connectivity index (χ4v) is 6.68. The van der Waals surface area contributed by atoms with Crippen LogP contribution >= 0.6 is 0 Å². The average Bonchev–Trinajstić information content (AvgIpc) is 3.23. The number of hydrogen-bond donors (Lipinski definition) is 0. The molecule has 0 fully saturated rings. The van der Waals surface area contributed by atoms with Gasteiger partial charge < -0.3 is 28.4 Å². The Labute approximate surface area is 325 Å². The summed E-state index contributed by atoms with van der Waals surface area (Å²) in [4.78, 5) is 0.